The first-order valence-electron chi connectivity index (χ1n) is 4.73. The molecule has 5 nitrogen and oxygen atoms in total. The van der Waals surface area contributed by atoms with Crippen molar-refractivity contribution >= 4 is 17.4 Å². The molecule has 0 bridgehead atoms. The van der Waals surface area contributed by atoms with Gasteiger partial charge in [0, 0.05) is 30.6 Å². The molecule has 0 aromatic carbocycles. The number of rotatable bonds is 2. The quantitative estimate of drug-likeness (QED) is 0.819. The van der Waals surface area contributed by atoms with Crippen molar-refractivity contribution in [2.75, 3.05) is 5.73 Å². The van der Waals surface area contributed by atoms with Gasteiger partial charge >= 0.3 is 0 Å². The van der Waals surface area contributed by atoms with E-state index in [0.29, 0.717) is 16.4 Å². The highest BCUT2D eigenvalue weighted by molar-refractivity contribution is 6.30. The normalized spacial score (nSPS) is 12.7. The van der Waals surface area contributed by atoms with Crippen molar-refractivity contribution in [2.24, 2.45) is 12.8 Å². The summed E-state index contributed by atoms with van der Waals surface area (Å²) in [6.45, 7) is 0. The molecule has 16 heavy (non-hydrogen) atoms. The number of pyridine rings is 1. The molecule has 2 aromatic rings. The summed E-state index contributed by atoms with van der Waals surface area (Å²) in [4.78, 5) is 3.97. The van der Waals surface area contributed by atoms with Gasteiger partial charge < -0.3 is 11.5 Å². The van der Waals surface area contributed by atoms with Crippen LogP contribution in [0.4, 0.5) is 5.82 Å². The van der Waals surface area contributed by atoms with Gasteiger partial charge in [-0.2, -0.15) is 5.10 Å². The Hall–Kier alpha value is -1.59. The van der Waals surface area contributed by atoms with E-state index in [1.807, 2.05) is 13.2 Å². The molecule has 6 heteroatoms. The van der Waals surface area contributed by atoms with Gasteiger partial charge in [-0.05, 0) is 6.07 Å². The maximum atomic E-state index is 6.07. The Morgan fingerprint density at radius 2 is 2.19 bits per heavy atom. The average Bonchev–Trinajstić information content (AvgIpc) is 2.67. The van der Waals surface area contributed by atoms with E-state index in [2.05, 4.69) is 10.1 Å². The molecule has 0 saturated carbocycles. The molecule has 0 spiro atoms. The highest BCUT2D eigenvalue weighted by Gasteiger charge is 2.14. The maximum absolute atomic E-state index is 6.07. The van der Waals surface area contributed by atoms with Crippen LogP contribution < -0.4 is 11.5 Å². The minimum absolute atomic E-state index is 0.361. The number of aryl methyl sites for hydroxylation is 1. The van der Waals surface area contributed by atoms with Gasteiger partial charge in [0.1, 0.15) is 5.82 Å². The Morgan fingerprint density at radius 1 is 1.44 bits per heavy atom. The predicted octanol–water partition coefficient (Wildman–Crippen LogP) is 1.10. The van der Waals surface area contributed by atoms with Crippen LogP contribution in [0.3, 0.4) is 0 Å². The fraction of sp³-hybridized carbons (Fsp3) is 0.200. The molecule has 0 amide bonds. The predicted molar refractivity (Wildman–Crippen MR) is 62.9 cm³/mol. The first-order chi connectivity index (χ1) is 7.58. The average molecular weight is 238 g/mol. The maximum Gasteiger partial charge on any atom is 0.128 e. The van der Waals surface area contributed by atoms with Crippen LogP contribution in [0.1, 0.15) is 17.2 Å². The fourth-order valence-electron chi connectivity index (χ4n) is 1.49. The van der Waals surface area contributed by atoms with E-state index in [1.165, 1.54) is 6.20 Å². The van der Waals surface area contributed by atoms with E-state index < -0.39 is 0 Å². The summed E-state index contributed by atoms with van der Waals surface area (Å²) in [5, 5.41) is 4.57. The molecule has 0 fully saturated rings. The molecule has 0 aliphatic heterocycles. The third-order valence-electron chi connectivity index (χ3n) is 2.34. The molecule has 0 radical (unpaired) electrons. The van der Waals surface area contributed by atoms with E-state index in [1.54, 1.807) is 16.9 Å². The first-order valence-corrected chi connectivity index (χ1v) is 5.11. The summed E-state index contributed by atoms with van der Waals surface area (Å²) in [5.74, 6) is 0.390. The second-order valence-corrected chi connectivity index (χ2v) is 3.99. The van der Waals surface area contributed by atoms with Crippen molar-refractivity contribution in [1.29, 1.82) is 0 Å². The van der Waals surface area contributed by atoms with Gasteiger partial charge in [-0.3, -0.25) is 4.68 Å². The zero-order valence-corrected chi connectivity index (χ0v) is 9.52. The molecule has 1 atom stereocenters. The van der Waals surface area contributed by atoms with Crippen LogP contribution in [0.25, 0.3) is 0 Å². The Labute approximate surface area is 98.0 Å². The minimum atomic E-state index is -0.361. The van der Waals surface area contributed by atoms with Gasteiger partial charge in [-0.15, -0.1) is 0 Å². The summed E-state index contributed by atoms with van der Waals surface area (Å²) in [5.41, 5.74) is 13.4. The molecular weight excluding hydrogens is 226 g/mol. The number of anilines is 1. The van der Waals surface area contributed by atoms with Crippen molar-refractivity contribution in [3.63, 3.8) is 0 Å². The van der Waals surface area contributed by atoms with Gasteiger partial charge in [0.2, 0.25) is 0 Å². The van der Waals surface area contributed by atoms with Crippen molar-refractivity contribution in [1.82, 2.24) is 14.8 Å². The van der Waals surface area contributed by atoms with Crippen LogP contribution in [0.2, 0.25) is 5.02 Å². The zero-order valence-electron chi connectivity index (χ0n) is 8.76. The van der Waals surface area contributed by atoms with Crippen molar-refractivity contribution < 1.29 is 0 Å². The number of nitrogens with two attached hydrogens (primary N) is 2. The molecule has 0 aliphatic carbocycles. The van der Waals surface area contributed by atoms with Crippen LogP contribution in [0.15, 0.2) is 24.7 Å². The number of aromatic nitrogens is 3. The number of nitrogens with zero attached hydrogens (tertiary/aromatic N) is 3. The second-order valence-electron chi connectivity index (χ2n) is 3.55. The SMILES string of the molecule is Cn1cc(C(N)c2cc(Cl)cnc2N)cn1. The number of halogens is 1. The third-order valence-corrected chi connectivity index (χ3v) is 2.54. The number of hydrogen-bond donors (Lipinski definition) is 2. The summed E-state index contributed by atoms with van der Waals surface area (Å²) in [6, 6.07) is 1.36. The monoisotopic (exact) mass is 237 g/mol. The Kier molecular flexibility index (Phi) is 2.80. The van der Waals surface area contributed by atoms with Crippen LogP contribution in [0.5, 0.6) is 0 Å². The van der Waals surface area contributed by atoms with Crippen molar-refractivity contribution in [2.45, 2.75) is 6.04 Å². The molecule has 2 rings (SSSR count). The van der Waals surface area contributed by atoms with E-state index in [4.69, 9.17) is 23.1 Å². The largest absolute Gasteiger partial charge is 0.383 e. The Balaban J connectivity index is 2.40. The third kappa shape index (κ3) is 2.00. The van der Waals surface area contributed by atoms with Gasteiger partial charge in [-0.25, -0.2) is 4.98 Å². The molecule has 4 N–H and O–H groups in total. The van der Waals surface area contributed by atoms with Crippen LogP contribution in [-0.4, -0.2) is 14.8 Å². The van der Waals surface area contributed by atoms with Crippen LogP contribution >= 0.6 is 11.6 Å². The molecule has 0 saturated heterocycles. The van der Waals surface area contributed by atoms with Gasteiger partial charge in [0.15, 0.2) is 0 Å². The first kappa shape index (κ1) is 10.9. The van der Waals surface area contributed by atoms with Crippen molar-refractivity contribution in [3.8, 4) is 0 Å². The second kappa shape index (κ2) is 4.11. The number of nitrogen functional groups attached to an aromatic ring is 1. The molecule has 2 aromatic heterocycles. The summed E-state index contributed by atoms with van der Waals surface area (Å²) >= 11 is 5.86. The van der Waals surface area contributed by atoms with E-state index >= 15 is 0 Å². The zero-order chi connectivity index (χ0) is 11.7. The van der Waals surface area contributed by atoms with Gasteiger partial charge in [-0.1, -0.05) is 11.6 Å². The summed E-state index contributed by atoms with van der Waals surface area (Å²) in [7, 11) is 1.83. The van der Waals surface area contributed by atoms with Crippen molar-refractivity contribution in [3.05, 3.63) is 40.8 Å². The standard InChI is InChI=1S/C10H12ClN5/c1-16-5-6(3-15-16)9(12)8-2-7(11)4-14-10(8)13/h2-5,9H,12H2,1H3,(H2,13,14). The lowest BCUT2D eigenvalue weighted by Crippen LogP contribution is -2.14. The lowest BCUT2D eigenvalue weighted by Gasteiger charge is -2.12. The lowest BCUT2D eigenvalue weighted by molar-refractivity contribution is 0.765. The molecule has 2 heterocycles. The van der Waals surface area contributed by atoms with Crippen LogP contribution in [0, 0.1) is 0 Å². The summed E-state index contributed by atoms with van der Waals surface area (Å²) in [6.07, 6.45) is 5.03. The minimum Gasteiger partial charge on any atom is -0.383 e. The fourth-order valence-corrected chi connectivity index (χ4v) is 1.66. The van der Waals surface area contributed by atoms with E-state index in [-0.39, 0.29) is 6.04 Å². The topological polar surface area (TPSA) is 82.8 Å². The molecule has 0 aliphatic rings. The molecular formula is C10H12ClN5. The Bertz CT molecular complexity index is 508. The van der Waals surface area contributed by atoms with Gasteiger partial charge in [0.25, 0.3) is 0 Å². The number of hydrogen-bond acceptors (Lipinski definition) is 4. The highest BCUT2D eigenvalue weighted by Crippen LogP contribution is 2.25. The molecule has 84 valence electrons. The van der Waals surface area contributed by atoms with Crippen LogP contribution in [-0.2, 0) is 7.05 Å². The smallest absolute Gasteiger partial charge is 0.128 e. The molecule has 1 unspecified atom stereocenters. The highest BCUT2D eigenvalue weighted by atomic mass is 35.5. The van der Waals surface area contributed by atoms with Gasteiger partial charge in [0.05, 0.1) is 17.3 Å². The summed E-state index contributed by atoms with van der Waals surface area (Å²) < 4.78 is 1.68. The van der Waals surface area contributed by atoms with E-state index in [9.17, 15) is 0 Å². The van der Waals surface area contributed by atoms with E-state index in [0.717, 1.165) is 5.56 Å². The lowest BCUT2D eigenvalue weighted by atomic mass is 10.0. The Morgan fingerprint density at radius 3 is 2.81 bits per heavy atom.